The van der Waals surface area contributed by atoms with Gasteiger partial charge in [-0.15, -0.1) is 0 Å². The summed E-state index contributed by atoms with van der Waals surface area (Å²) in [6.45, 7) is 5.02. The van der Waals surface area contributed by atoms with Crippen molar-refractivity contribution in [2.75, 3.05) is 25.0 Å². The van der Waals surface area contributed by atoms with Crippen LogP contribution in [0.15, 0.2) is 18.3 Å². The van der Waals surface area contributed by atoms with Gasteiger partial charge in [-0.25, -0.2) is 4.98 Å². The van der Waals surface area contributed by atoms with Gasteiger partial charge in [-0.3, -0.25) is 9.59 Å². The molecule has 5 nitrogen and oxygen atoms in total. The van der Waals surface area contributed by atoms with Crippen molar-refractivity contribution in [3.8, 4) is 0 Å². The van der Waals surface area contributed by atoms with Gasteiger partial charge in [0.25, 0.3) is 0 Å². The summed E-state index contributed by atoms with van der Waals surface area (Å²) in [6, 6.07) is 3.44. The van der Waals surface area contributed by atoms with E-state index in [4.69, 9.17) is 0 Å². The molecular formula is C13H17N3O2. The van der Waals surface area contributed by atoms with Crippen molar-refractivity contribution in [2.45, 2.75) is 19.4 Å². The molecular weight excluding hydrogens is 230 g/mol. The molecule has 1 aromatic heterocycles. The highest BCUT2D eigenvalue weighted by molar-refractivity contribution is 5.92. The molecule has 0 aromatic carbocycles. The number of hydrogen-bond acceptors (Lipinski definition) is 4. The summed E-state index contributed by atoms with van der Waals surface area (Å²) in [7, 11) is 1.79. The van der Waals surface area contributed by atoms with Crippen molar-refractivity contribution in [3.63, 3.8) is 0 Å². The van der Waals surface area contributed by atoms with Crippen molar-refractivity contribution in [1.29, 1.82) is 0 Å². The first-order valence-corrected chi connectivity index (χ1v) is 5.92. The number of aromatic nitrogens is 1. The van der Waals surface area contributed by atoms with E-state index in [-0.39, 0.29) is 5.91 Å². The summed E-state index contributed by atoms with van der Waals surface area (Å²) >= 11 is 0. The molecule has 18 heavy (non-hydrogen) atoms. The lowest BCUT2D eigenvalue weighted by molar-refractivity contribution is -0.136. The van der Waals surface area contributed by atoms with Crippen molar-refractivity contribution >= 4 is 18.0 Å². The SMILES string of the molecule is CN1CCN(c2ncccc2C=O)C(C)(C)C1=O. The molecule has 0 bridgehead atoms. The second-order valence-electron chi connectivity index (χ2n) is 4.97. The van der Waals surface area contributed by atoms with Crippen LogP contribution in [0.3, 0.4) is 0 Å². The van der Waals surface area contributed by atoms with E-state index in [1.165, 1.54) is 0 Å². The van der Waals surface area contributed by atoms with Crippen LogP contribution in [0, 0.1) is 0 Å². The van der Waals surface area contributed by atoms with Crippen LogP contribution >= 0.6 is 0 Å². The zero-order valence-electron chi connectivity index (χ0n) is 10.9. The first-order chi connectivity index (χ1) is 8.48. The minimum absolute atomic E-state index is 0.0382. The molecule has 5 heteroatoms. The monoisotopic (exact) mass is 247 g/mol. The number of anilines is 1. The lowest BCUT2D eigenvalue weighted by Crippen LogP contribution is -2.62. The molecule has 0 N–H and O–H groups in total. The molecule has 1 fully saturated rings. The molecule has 0 spiro atoms. The minimum atomic E-state index is -0.681. The van der Waals surface area contributed by atoms with E-state index < -0.39 is 5.54 Å². The third-order valence-electron chi connectivity index (χ3n) is 3.40. The van der Waals surface area contributed by atoms with Gasteiger partial charge in [0.1, 0.15) is 11.4 Å². The van der Waals surface area contributed by atoms with Gasteiger partial charge in [0.2, 0.25) is 5.91 Å². The molecule has 0 radical (unpaired) electrons. The molecule has 0 saturated carbocycles. The second kappa shape index (κ2) is 4.40. The van der Waals surface area contributed by atoms with Gasteiger partial charge in [0.05, 0.1) is 5.56 Å². The summed E-state index contributed by atoms with van der Waals surface area (Å²) in [5.41, 5.74) is -0.165. The van der Waals surface area contributed by atoms with E-state index in [1.54, 1.807) is 30.3 Å². The molecule has 96 valence electrons. The Bertz CT molecular complexity index is 485. The predicted molar refractivity (Wildman–Crippen MR) is 68.7 cm³/mol. The van der Waals surface area contributed by atoms with Gasteiger partial charge in [-0.2, -0.15) is 0 Å². The molecule has 1 aliphatic heterocycles. The van der Waals surface area contributed by atoms with Crippen LogP contribution in [0.25, 0.3) is 0 Å². The highest BCUT2D eigenvalue weighted by Gasteiger charge is 2.41. The molecule has 0 atom stereocenters. The fourth-order valence-electron chi connectivity index (χ4n) is 2.31. The number of amides is 1. The third-order valence-corrected chi connectivity index (χ3v) is 3.40. The summed E-state index contributed by atoms with van der Waals surface area (Å²) < 4.78 is 0. The Morgan fingerprint density at radius 3 is 2.78 bits per heavy atom. The molecule has 1 amide bonds. The van der Waals surface area contributed by atoms with Crippen molar-refractivity contribution in [2.24, 2.45) is 0 Å². The number of rotatable bonds is 2. The summed E-state index contributed by atoms with van der Waals surface area (Å²) in [5.74, 6) is 0.621. The molecule has 0 aliphatic carbocycles. The molecule has 2 heterocycles. The number of likely N-dealkylation sites (N-methyl/N-ethyl adjacent to an activating group) is 1. The van der Waals surface area contributed by atoms with Crippen molar-refractivity contribution < 1.29 is 9.59 Å². The number of piperazine rings is 1. The van der Waals surface area contributed by atoms with E-state index in [2.05, 4.69) is 4.98 Å². The Labute approximate surface area is 106 Å². The summed E-state index contributed by atoms with van der Waals surface area (Å²) in [4.78, 5) is 31.1. The van der Waals surface area contributed by atoms with Gasteiger partial charge in [-0.1, -0.05) is 0 Å². The average molecular weight is 247 g/mol. The van der Waals surface area contributed by atoms with Crippen LogP contribution in [0.1, 0.15) is 24.2 Å². The molecule has 1 aromatic rings. The zero-order valence-corrected chi connectivity index (χ0v) is 10.9. The number of aldehydes is 1. The van der Waals surface area contributed by atoms with Crippen LogP contribution in [-0.2, 0) is 4.79 Å². The van der Waals surface area contributed by atoms with Crippen molar-refractivity contribution in [1.82, 2.24) is 9.88 Å². The summed E-state index contributed by atoms with van der Waals surface area (Å²) in [6.07, 6.45) is 2.42. The van der Waals surface area contributed by atoms with Crippen LogP contribution < -0.4 is 4.90 Å². The van der Waals surface area contributed by atoms with Gasteiger partial charge >= 0.3 is 0 Å². The number of nitrogens with zero attached hydrogens (tertiary/aromatic N) is 3. The fraction of sp³-hybridized carbons (Fsp3) is 0.462. The maximum Gasteiger partial charge on any atom is 0.247 e. The first kappa shape index (κ1) is 12.5. The average Bonchev–Trinajstić information content (AvgIpc) is 2.36. The maximum absolute atomic E-state index is 12.2. The minimum Gasteiger partial charge on any atom is -0.342 e. The van der Waals surface area contributed by atoms with Gasteiger partial charge in [-0.05, 0) is 26.0 Å². The predicted octanol–water partition coefficient (Wildman–Crippen LogP) is 0.951. The highest BCUT2D eigenvalue weighted by atomic mass is 16.2. The molecule has 0 unspecified atom stereocenters. The van der Waals surface area contributed by atoms with Crippen molar-refractivity contribution in [3.05, 3.63) is 23.9 Å². The Hall–Kier alpha value is -1.91. The lowest BCUT2D eigenvalue weighted by atomic mass is 9.97. The first-order valence-electron chi connectivity index (χ1n) is 5.92. The van der Waals surface area contributed by atoms with Crippen LogP contribution in [0.4, 0.5) is 5.82 Å². The maximum atomic E-state index is 12.2. The van der Waals surface area contributed by atoms with E-state index in [9.17, 15) is 9.59 Å². The fourth-order valence-corrected chi connectivity index (χ4v) is 2.31. The quantitative estimate of drug-likeness (QED) is 0.730. The Kier molecular flexibility index (Phi) is 3.07. The van der Waals surface area contributed by atoms with Gasteiger partial charge in [0, 0.05) is 26.3 Å². The number of hydrogen-bond donors (Lipinski definition) is 0. The smallest absolute Gasteiger partial charge is 0.247 e. The second-order valence-corrected chi connectivity index (χ2v) is 4.97. The lowest BCUT2D eigenvalue weighted by Gasteiger charge is -2.45. The normalized spacial score (nSPS) is 18.9. The number of carbonyl (C=O) groups excluding carboxylic acids is 2. The van der Waals surface area contributed by atoms with Crippen LogP contribution in [0.5, 0.6) is 0 Å². The third kappa shape index (κ3) is 1.85. The standard InChI is InChI=1S/C13H17N3O2/c1-13(2)12(18)15(3)7-8-16(13)11-10(9-17)5-4-6-14-11/h4-6,9H,7-8H2,1-3H3. The van der Waals surface area contributed by atoms with Gasteiger partial charge in [0.15, 0.2) is 6.29 Å². The Morgan fingerprint density at radius 2 is 2.11 bits per heavy atom. The highest BCUT2D eigenvalue weighted by Crippen LogP contribution is 2.28. The van der Waals surface area contributed by atoms with Gasteiger partial charge < -0.3 is 9.80 Å². The topological polar surface area (TPSA) is 53.5 Å². The van der Waals surface area contributed by atoms with E-state index in [1.807, 2.05) is 18.7 Å². The molecule has 2 rings (SSSR count). The van der Waals surface area contributed by atoms with Crippen LogP contribution in [0.2, 0.25) is 0 Å². The zero-order chi connectivity index (χ0) is 13.3. The molecule has 1 aliphatic rings. The Balaban J connectivity index is 2.44. The number of pyridine rings is 1. The summed E-state index contributed by atoms with van der Waals surface area (Å²) in [5, 5.41) is 0. The number of carbonyl (C=O) groups is 2. The van der Waals surface area contributed by atoms with E-state index >= 15 is 0 Å². The van der Waals surface area contributed by atoms with E-state index in [0.717, 1.165) is 6.29 Å². The largest absolute Gasteiger partial charge is 0.342 e. The van der Waals surface area contributed by atoms with E-state index in [0.29, 0.717) is 24.5 Å². The van der Waals surface area contributed by atoms with Crippen LogP contribution in [-0.4, -0.2) is 47.8 Å². The molecule has 1 saturated heterocycles. The Morgan fingerprint density at radius 1 is 1.39 bits per heavy atom.